The van der Waals surface area contributed by atoms with Gasteiger partial charge in [0.1, 0.15) is 0 Å². The van der Waals surface area contributed by atoms with Crippen molar-refractivity contribution >= 4 is 0 Å². The van der Waals surface area contributed by atoms with Crippen molar-refractivity contribution in [2.24, 2.45) is 0 Å². The molecule has 25 heavy (non-hydrogen) atoms. The number of nitrogens with zero attached hydrogens (tertiary/aromatic N) is 2. The molecule has 2 aliphatic rings. The van der Waals surface area contributed by atoms with Crippen LogP contribution < -0.4 is 48.0 Å². The van der Waals surface area contributed by atoms with Gasteiger partial charge in [0.15, 0.2) is 0 Å². The molecule has 2 aliphatic heterocycles. The van der Waals surface area contributed by atoms with E-state index in [1.165, 1.54) is 132 Å². The van der Waals surface area contributed by atoms with Crippen LogP contribution in [0.4, 0.5) is 0 Å². The Morgan fingerprint density at radius 3 is 1.12 bits per heavy atom. The van der Waals surface area contributed by atoms with Crippen LogP contribution in [0.5, 0.6) is 0 Å². The molecule has 2 saturated heterocycles. The molecule has 0 unspecified atom stereocenters. The Morgan fingerprint density at radius 1 is 0.480 bits per heavy atom. The van der Waals surface area contributed by atoms with E-state index in [1.54, 1.807) is 0 Å². The Labute approximate surface area is 192 Å². The fourth-order valence-corrected chi connectivity index (χ4v) is 5.19. The lowest BCUT2D eigenvalue weighted by Gasteiger charge is -2.36. The molecular weight excluding hydrogens is 534 g/mol. The summed E-state index contributed by atoms with van der Waals surface area (Å²) in [6.07, 6.45) is 16.0. The summed E-state index contributed by atoms with van der Waals surface area (Å²) in [6, 6.07) is 0. The molecule has 0 amide bonds. The molecule has 0 saturated carbocycles. The number of likely N-dealkylation sites (tertiary alicyclic amines) is 2. The van der Waals surface area contributed by atoms with Crippen LogP contribution in [0, 0.1) is 0 Å². The molecule has 0 spiro atoms. The van der Waals surface area contributed by atoms with E-state index in [2.05, 4.69) is 13.8 Å². The molecule has 2 heterocycles. The third-order valence-electron chi connectivity index (χ3n) is 6.77. The van der Waals surface area contributed by atoms with E-state index >= 15 is 0 Å². The van der Waals surface area contributed by atoms with Crippen LogP contribution in [-0.2, 0) is 0 Å². The SMILES string of the molecule is CCCC[N+]1(CCCCC[N+]2(CCCC)CCCC2)CCCC1.[I-].[I-]. The van der Waals surface area contributed by atoms with Crippen LogP contribution in [0.15, 0.2) is 0 Å². The Bertz CT molecular complexity index is 281. The first-order chi connectivity index (χ1) is 11.2. The number of quaternary nitrogens is 2. The predicted molar refractivity (Wildman–Crippen MR) is 102 cm³/mol. The number of hydrogen-bond acceptors (Lipinski definition) is 0. The van der Waals surface area contributed by atoms with Gasteiger partial charge in [-0.2, -0.15) is 0 Å². The quantitative estimate of drug-likeness (QED) is 0.158. The molecule has 0 aliphatic carbocycles. The maximum Gasteiger partial charge on any atom is 0.0788 e. The van der Waals surface area contributed by atoms with Gasteiger partial charge >= 0.3 is 0 Å². The number of unbranched alkanes of at least 4 members (excludes halogenated alkanes) is 4. The second-order valence-electron chi connectivity index (χ2n) is 8.65. The van der Waals surface area contributed by atoms with Crippen molar-refractivity contribution < 1.29 is 56.9 Å². The van der Waals surface area contributed by atoms with Crippen LogP contribution in [0.3, 0.4) is 0 Å². The molecule has 2 nitrogen and oxygen atoms in total. The molecule has 0 radical (unpaired) electrons. The second kappa shape index (κ2) is 14.4. The summed E-state index contributed by atoms with van der Waals surface area (Å²) in [5, 5.41) is 0. The van der Waals surface area contributed by atoms with Crippen molar-refractivity contribution in [3.63, 3.8) is 0 Å². The van der Waals surface area contributed by atoms with Crippen molar-refractivity contribution in [3.05, 3.63) is 0 Å². The van der Waals surface area contributed by atoms with E-state index in [1.807, 2.05) is 0 Å². The standard InChI is InChI=1S/C21H44N2.2HI/c1-3-5-14-22(18-10-11-19-22)16-8-7-9-17-23(15-6-4-2)20-12-13-21-23;;/h3-21H2,1-2H3;2*1H/q+2;;/p-2. The lowest BCUT2D eigenvalue weighted by molar-refractivity contribution is -0.919. The van der Waals surface area contributed by atoms with Crippen molar-refractivity contribution in [1.29, 1.82) is 0 Å². The van der Waals surface area contributed by atoms with Gasteiger partial charge in [0.05, 0.1) is 52.4 Å². The lowest BCUT2D eigenvalue weighted by atomic mass is 10.1. The normalized spacial score (nSPS) is 20.9. The number of hydrogen-bond donors (Lipinski definition) is 0. The average molecular weight is 578 g/mol. The lowest BCUT2D eigenvalue weighted by Crippen LogP contribution is -3.00. The van der Waals surface area contributed by atoms with E-state index in [0.29, 0.717) is 0 Å². The molecule has 4 heteroatoms. The first-order valence-corrected chi connectivity index (χ1v) is 10.9. The highest BCUT2D eigenvalue weighted by atomic mass is 127. The van der Waals surface area contributed by atoms with Gasteiger partial charge < -0.3 is 56.9 Å². The monoisotopic (exact) mass is 578 g/mol. The maximum absolute atomic E-state index is 2.35. The molecule has 0 N–H and O–H groups in total. The maximum atomic E-state index is 2.35. The Balaban J connectivity index is 0.00000288. The highest BCUT2D eigenvalue weighted by Crippen LogP contribution is 2.24. The fraction of sp³-hybridized carbons (Fsp3) is 1.00. The van der Waals surface area contributed by atoms with Crippen LogP contribution in [0.1, 0.15) is 84.5 Å². The molecular formula is C21H44I2N2. The zero-order valence-corrected chi connectivity index (χ0v) is 21.4. The van der Waals surface area contributed by atoms with Gasteiger partial charge in [-0.05, 0) is 32.1 Å². The smallest absolute Gasteiger partial charge is 0.0788 e. The summed E-state index contributed by atoms with van der Waals surface area (Å²) in [4.78, 5) is 0. The van der Waals surface area contributed by atoms with Crippen LogP contribution in [0.2, 0.25) is 0 Å². The molecule has 0 bridgehead atoms. The molecule has 0 aromatic carbocycles. The average Bonchev–Trinajstić information content (AvgIpc) is 3.22. The second-order valence-corrected chi connectivity index (χ2v) is 8.65. The fourth-order valence-electron chi connectivity index (χ4n) is 5.19. The Morgan fingerprint density at radius 2 is 0.800 bits per heavy atom. The van der Waals surface area contributed by atoms with E-state index in [4.69, 9.17) is 0 Å². The van der Waals surface area contributed by atoms with Gasteiger partial charge in [0.25, 0.3) is 0 Å². The van der Waals surface area contributed by atoms with Crippen molar-refractivity contribution in [2.45, 2.75) is 84.5 Å². The minimum absolute atomic E-state index is 0. The van der Waals surface area contributed by atoms with E-state index in [-0.39, 0.29) is 48.0 Å². The Kier molecular flexibility index (Phi) is 15.2. The Hall–Kier alpha value is 1.38. The molecule has 2 fully saturated rings. The summed E-state index contributed by atoms with van der Waals surface area (Å²) in [5.41, 5.74) is 0. The van der Waals surface area contributed by atoms with E-state index in [9.17, 15) is 0 Å². The van der Waals surface area contributed by atoms with Gasteiger partial charge in [-0.1, -0.05) is 26.7 Å². The highest BCUT2D eigenvalue weighted by molar-refractivity contribution is 4.58. The zero-order chi connectivity index (χ0) is 16.4. The molecule has 0 aromatic rings. The summed E-state index contributed by atoms with van der Waals surface area (Å²) in [5.74, 6) is 0. The molecule has 2 rings (SSSR count). The van der Waals surface area contributed by atoms with Crippen molar-refractivity contribution in [1.82, 2.24) is 0 Å². The van der Waals surface area contributed by atoms with E-state index in [0.717, 1.165) is 0 Å². The third kappa shape index (κ3) is 8.95. The molecule has 152 valence electrons. The summed E-state index contributed by atoms with van der Waals surface area (Å²) >= 11 is 0. The number of halogens is 2. The minimum atomic E-state index is 0. The van der Waals surface area contributed by atoms with Crippen LogP contribution in [0.25, 0.3) is 0 Å². The molecule has 0 atom stereocenters. The van der Waals surface area contributed by atoms with Crippen molar-refractivity contribution in [3.8, 4) is 0 Å². The first-order valence-electron chi connectivity index (χ1n) is 10.9. The largest absolute Gasteiger partial charge is 1.00 e. The zero-order valence-electron chi connectivity index (χ0n) is 17.1. The first kappa shape index (κ1) is 26.4. The van der Waals surface area contributed by atoms with Gasteiger partial charge in [-0.3, -0.25) is 0 Å². The van der Waals surface area contributed by atoms with Crippen LogP contribution >= 0.6 is 0 Å². The van der Waals surface area contributed by atoms with Gasteiger partial charge in [0.2, 0.25) is 0 Å². The van der Waals surface area contributed by atoms with Crippen molar-refractivity contribution in [2.75, 3.05) is 52.4 Å². The topological polar surface area (TPSA) is 0 Å². The highest BCUT2D eigenvalue weighted by Gasteiger charge is 2.32. The summed E-state index contributed by atoms with van der Waals surface area (Å²) < 4.78 is 2.95. The third-order valence-corrected chi connectivity index (χ3v) is 6.77. The van der Waals surface area contributed by atoms with Crippen LogP contribution in [-0.4, -0.2) is 61.3 Å². The predicted octanol–water partition coefficient (Wildman–Crippen LogP) is -1.01. The summed E-state index contributed by atoms with van der Waals surface area (Å²) in [6.45, 7) is 16.5. The number of rotatable bonds is 12. The van der Waals surface area contributed by atoms with Gasteiger partial charge in [-0.15, -0.1) is 0 Å². The van der Waals surface area contributed by atoms with E-state index < -0.39 is 0 Å². The summed E-state index contributed by atoms with van der Waals surface area (Å²) in [7, 11) is 0. The van der Waals surface area contributed by atoms with Gasteiger partial charge in [0, 0.05) is 25.7 Å². The minimum Gasteiger partial charge on any atom is -1.00 e. The van der Waals surface area contributed by atoms with Gasteiger partial charge in [-0.25, -0.2) is 0 Å². The molecule has 0 aromatic heterocycles.